The van der Waals surface area contributed by atoms with Gasteiger partial charge in [-0.2, -0.15) is 5.26 Å². The summed E-state index contributed by atoms with van der Waals surface area (Å²) in [5.74, 6) is 0.803. The van der Waals surface area contributed by atoms with Crippen LogP contribution in [-0.2, 0) is 10.5 Å². The van der Waals surface area contributed by atoms with E-state index < -0.39 is 0 Å². The minimum atomic E-state index is -0.332. The molecule has 0 aliphatic carbocycles. The smallest absolute Gasteiger partial charge is 0.291 e. The van der Waals surface area contributed by atoms with Crippen LogP contribution in [0.4, 0.5) is 11.4 Å². The molecule has 0 saturated carbocycles. The maximum Gasteiger partial charge on any atom is 0.291 e. The van der Waals surface area contributed by atoms with E-state index in [0.29, 0.717) is 28.4 Å². The Bertz CT molecular complexity index is 975. The van der Waals surface area contributed by atoms with Crippen LogP contribution in [0.1, 0.15) is 21.7 Å². The van der Waals surface area contributed by atoms with Crippen LogP contribution in [0.25, 0.3) is 0 Å². The largest absolute Gasteiger partial charge is 0.459 e. The second-order valence-corrected chi connectivity index (χ2v) is 6.84. The molecule has 2 aromatic carbocycles. The highest BCUT2D eigenvalue weighted by Crippen LogP contribution is 2.17. The van der Waals surface area contributed by atoms with E-state index in [2.05, 4.69) is 16.7 Å². The van der Waals surface area contributed by atoms with Crippen molar-refractivity contribution in [1.82, 2.24) is 0 Å². The maximum absolute atomic E-state index is 12.1. The molecule has 0 aliphatic rings. The second kappa shape index (κ2) is 9.44. The molecule has 1 aromatic heterocycles. The summed E-state index contributed by atoms with van der Waals surface area (Å²) in [6, 6.07) is 19.5. The molecule has 0 fully saturated rings. The molecule has 0 aliphatic heterocycles. The van der Waals surface area contributed by atoms with Gasteiger partial charge in [-0.05, 0) is 54.1 Å². The lowest BCUT2D eigenvalue weighted by Gasteiger charge is -2.07. The van der Waals surface area contributed by atoms with E-state index in [4.69, 9.17) is 9.68 Å². The van der Waals surface area contributed by atoms with Gasteiger partial charge in [-0.25, -0.2) is 0 Å². The van der Waals surface area contributed by atoms with Crippen LogP contribution in [-0.4, -0.2) is 17.6 Å². The van der Waals surface area contributed by atoms with E-state index in [-0.39, 0.29) is 17.6 Å². The van der Waals surface area contributed by atoms with Crippen LogP contribution >= 0.6 is 11.8 Å². The van der Waals surface area contributed by atoms with E-state index in [1.807, 2.05) is 12.1 Å². The van der Waals surface area contributed by atoms with Crippen molar-refractivity contribution in [2.75, 3.05) is 16.4 Å². The van der Waals surface area contributed by atoms with Crippen LogP contribution in [0.15, 0.2) is 71.3 Å². The number of nitriles is 1. The zero-order chi connectivity index (χ0) is 19.8. The van der Waals surface area contributed by atoms with Gasteiger partial charge in [0.05, 0.1) is 23.6 Å². The number of nitrogens with one attached hydrogen (secondary N) is 2. The third-order valence-electron chi connectivity index (χ3n) is 3.76. The van der Waals surface area contributed by atoms with Crippen LogP contribution in [0, 0.1) is 11.3 Å². The number of carbonyl (C=O) groups excluding carboxylic acids is 2. The fourth-order valence-corrected chi connectivity index (χ4v) is 3.16. The molecular weight excluding hydrogens is 374 g/mol. The summed E-state index contributed by atoms with van der Waals surface area (Å²) in [5, 5.41) is 14.3. The number of benzene rings is 2. The van der Waals surface area contributed by atoms with E-state index in [1.165, 1.54) is 18.0 Å². The predicted molar refractivity (Wildman–Crippen MR) is 109 cm³/mol. The summed E-state index contributed by atoms with van der Waals surface area (Å²) >= 11 is 1.49. The summed E-state index contributed by atoms with van der Waals surface area (Å²) in [5.41, 5.74) is 2.94. The van der Waals surface area contributed by atoms with Gasteiger partial charge in [0, 0.05) is 17.1 Å². The number of hydrogen-bond donors (Lipinski definition) is 2. The minimum absolute atomic E-state index is 0.106. The molecule has 3 aromatic rings. The number of nitrogens with zero attached hydrogens (tertiary/aromatic N) is 1. The maximum atomic E-state index is 12.1. The molecule has 7 heteroatoms. The molecule has 0 atom stereocenters. The lowest BCUT2D eigenvalue weighted by atomic mass is 10.2. The van der Waals surface area contributed by atoms with Gasteiger partial charge in [-0.1, -0.05) is 12.1 Å². The molecule has 3 rings (SSSR count). The van der Waals surface area contributed by atoms with Crippen molar-refractivity contribution in [1.29, 1.82) is 5.26 Å². The molecule has 0 radical (unpaired) electrons. The summed E-state index contributed by atoms with van der Waals surface area (Å²) in [6.45, 7) is 0. The highest BCUT2D eigenvalue weighted by Gasteiger charge is 2.09. The number of carbonyl (C=O) groups is 2. The van der Waals surface area contributed by atoms with E-state index >= 15 is 0 Å². The van der Waals surface area contributed by atoms with Gasteiger partial charge >= 0.3 is 0 Å². The summed E-state index contributed by atoms with van der Waals surface area (Å²) in [6.07, 6.45) is 1.44. The van der Waals surface area contributed by atoms with Crippen molar-refractivity contribution in [3.63, 3.8) is 0 Å². The Balaban J connectivity index is 1.43. The van der Waals surface area contributed by atoms with Crippen molar-refractivity contribution in [2.24, 2.45) is 0 Å². The lowest BCUT2D eigenvalue weighted by Crippen LogP contribution is -2.14. The van der Waals surface area contributed by atoms with Gasteiger partial charge < -0.3 is 15.1 Å². The summed E-state index contributed by atoms with van der Waals surface area (Å²) in [4.78, 5) is 24.0. The Hall–Kier alpha value is -3.50. The number of amides is 2. The highest BCUT2D eigenvalue weighted by atomic mass is 32.2. The Morgan fingerprint density at radius 3 is 2.25 bits per heavy atom. The number of anilines is 2. The zero-order valence-electron chi connectivity index (χ0n) is 14.8. The molecule has 28 heavy (non-hydrogen) atoms. The predicted octanol–water partition coefficient (Wildman–Crippen LogP) is 4.28. The first-order valence-corrected chi connectivity index (χ1v) is 9.61. The average Bonchev–Trinajstić information content (AvgIpc) is 3.25. The number of rotatable bonds is 7. The first kappa shape index (κ1) is 19.3. The second-order valence-electron chi connectivity index (χ2n) is 5.86. The quantitative estimate of drug-likeness (QED) is 0.627. The Kier molecular flexibility index (Phi) is 6.50. The number of hydrogen-bond acceptors (Lipinski definition) is 5. The molecule has 2 amide bonds. The number of thioether (sulfide) groups is 1. The molecule has 0 bridgehead atoms. The molecule has 0 spiro atoms. The first-order valence-electron chi connectivity index (χ1n) is 8.45. The van der Waals surface area contributed by atoms with Crippen molar-refractivity contribution >= 4 is 35.0 Å². The monoisotopic (exact) mass is 391 g/mol. The van der Waals surface area contributed by atoms with Crippen LogP contribution in [0.3, 0.4) is 0 Å². The summed E-state index contributed by atoms with van der Waals surface area (Å²) in [7, 11) is 0. The minimum Gasteiger partial charge on any atom is -0.459 e. The van der Waals surface area contributed by atoms with Crippen molar-refractivity contribution in [2.45, 2.75) is 5.75 Å². The van der Waals surface area contributed by atoms with Crippen molar-refractivity contribution in [3.05, 3.63) is 83.8 Å². The Morgan fingerprint density at radius 1 is 0.964 bits per heavy atom. The fraction of sp³-hybridized carbons (Fsp3) is 0.0952. The Labute approximate surface area is 166 Å². The van der Waals surface area contributed by atoms with Crippen molar-refractivity contribution in [3.8, 4) is 6.07 Å². The Morgan fingerprint density at radius 2 is 1.64 bits per heavy atom. The third-order valence-corrected chi connectivity index (χ3v) is 4.76. The van der Waals surface area contributed by atoms with Crippen LogP contribution < -0.4 is 10.6 Å². The average molecular weight is 391 g/mol. The molecular formula is C21H17N3O3S. The van der Waals surface area contributed by atoms with Crippen LogP contribution in [0.2, 0.25) is 0 Å². The molecule has 0 saturated heterocycles. The van der Waals surface area contributed by atoms with Gasteiger partial charge in [-0.15, -0.1) is 11.8 Å². The topological polar surface area (TPSA) is 95.1 Å². The third kappa shape index (κ3) is 5.50. The SMILES string of the molecule is N#Cc1ccc(CSCC(=O)Nc2ccc(NC(=O)c3ccco3)cc2)cc1. The van der Waals surface area contributed by atoms with Crippen molar-refractivity contribution < 1.29 is 14.0 Å². The van der Waals surface area contributed by atoms with E-state index in [1.54, 1.807) is 48.5 Å². The molecule has 2 N–H and O–H groups in total. The summed E-state index contributed by atoms with van der Waals surface area (Å²) < 4.78 is 5.04. The van der Waals surface area contributed by atoms with E-state index in [9.17, 15) is 9.59 Å². The lowest BCUT2D eigenvalue weighted by molar-refractivity contribution is -0.113. The fourth-order valence-electron chi connectivity index (χ4n) is 2.37. The first-order chi connectivity index (χ1) is 13.6. The highest BCUT2D eigenvalue weighted by molar-refractivity contribution is 7.99. The van der Waals surface area contributed by atoms with Gasteiger partial charge in [0.15, 0.2) is 5.76 Å². The van der Waals surface area contributed by atoms with Gasteiger partial charge in [-0.3, -0.25) is 9.59 Å². The molecule has 140 valence electrons. The molecule has 6 nitrogen and oxygen atoms in total. The number of furan rings is 1. The molecule has 0 unspecified atom stereocenters. The van der Waals surface area contributed by atoms with Crippen LogP contribution in [0.5, 0.6) is 0 Å². The molecule has 1 heterocycles. The standard InChI is InChI=1S/C21H17N3O3S/c22-12-15-3-5-16(6-4-15)13-28-14-20(25)23-17-7-9-18(10-8-17)24-21(26)19-2-1-11-27-19/h1-11H,13-14H2,(H,23,25)(H,24,26). The normalized spacial score (nSPS) is 10.1. The van der Waals surface area contributed by atoms with Gasteiger partial charge in [0.1, 0.15) is 0 Å². The van der Waals surface area contributed by atoms with Gasteiger partial charge in [0.25, 0.3) is 5.91 Å². The van der Waals surface area contributed by atoms with E-state index in [0.717, 1.165) is 5.56 Å². The zero-order valence-corrected chi connectivity index (χ0v) is 15.7. The van der Waals surface area contributed by atoms with Gasteiger partial charge in [0.2, 0.25) is 5.91 Å².